The van der Waals surface area contributed by atoms with Gasteiger partial charge in [0.1, 0.15) is 0 Å². The summed E-state index contributed by atoms with van der Waals surface area (Å²) in [5.74, 6) is 0.644. The van der Waals surface area contributed by atoms with Crippen molar-refractivity contribution in [1.82, 2.24) is 25.2 Å². The van der Waals surface area contributed by atoms with Crippen molar-refractivity contribution in [3.63, 3.8) is 0 Å². The van der Waals surface area contributed by atoms with E-state index < -0.39 is 0 Å². The molecule has 3 rings (SSSR count). The van der Waals surface area contributed by atoms with Crippen molar-refractivity contribution in [2.75, 3.05) is 0 Å². The third-order valence-electron chi connectivity index (χ3n) is 2.46. The zero-order valence-corrected chi connectivity index (χ0v) is 9.99. The predicted molar refractivity (Wildman–Crippen MR) is 67.4 cm³/mol. The molecular formula is C12H8ClN5. The Morgan fingerprint density at radius 3 is 2.61 bits per heavy atom. The molecule has 0 aliphatic heterocycles. The predicted octanol–water partition coefficient (Wildman–Crippen LogP) is 2.38. The molecular weight excluding hydrogens is 250 g/mol. The maximum Gasteiger partial charge on any atom is 0.188 e. The molecule has 18 heavy (non-hydrogen) atoms. The molecule has 0 amide bonds. The highest BCUT2D eigenvalue weighted by Gasteiger charge is 2.10. The number of halogens is 1. The van der Waals surface area contributed by atoms with Crippen LogP contribution in [0.4, 0.5) is 0 Å². The SMILES string of the molecule is Clc1ccc(-n2nnnc2-c2cccnc2)cc1. The Balaban J connectivity index is 2.10. The fourth-order valence-corrected chi connectivity index (χ4v) is 1.74. The van der Waals surface area contributed by atoms with Gasteiger partial charge in [-0.05, 0) is 46.8 Å². The standard InChI is InChI=1S/C12H8ClN5/c13-10-3-5-11(6-4-10)18-12(15-16-17-18)9-2-1-7-14-8-9/h1-8H. The van der Waals surface area contributed by atoms with Gasteiger partial charge in [0, 0.05) is 23.0 Å². The average molecular weight is 258 g/mol. The van der Waals surface area contributed by atoms with Crippen LogP contribution in [0.3, 0.4) is 0 Å². The van der Waals surface area contributed by atoms with Crippen molar-refractivity contribution >= 4 is 11.6 Å². The smallest absolute Gasteiger partial charge is 0.188 e. The first-order chi connectivity index (χ1) is 8.84. The molecule has 5 nitrogen and oxygen atoms in total. The van der Waals surface area contributed by atoms with Crippen molar-refractivity contribution in [2.24, 2.45) is 0 Å². The van der Waals surface area contributed by atoms with Crippen LogP contribution in [0.25, 0.3) is 17.1 Å². The molecule has 0 aliphatic rings. The zero-order valence-electron chi connectivity index (χ0n) is 9.23. The minimum absolute atomic E-state index is 0.644. The van der Waals surface area contributed by atoms with Gasteiger partial charge in [-0.1, -0.05) is 11.6 Å². The van der Waals surface area contributed by atoms with E-state index in [1.807, 2.05) is 24.3 Å². The summed E-state index contributed by atoms with van der Waals surface area (Å²) in [6.45, 7) is 0. The van der Waals surface area contributed by atoms with Crippen LogP contribution in [0.5, 0.6) is 0 Å². The summed E-state index contributed by atoms with van der Waals surface area (Å²) < 4.78 is 1.65. The fourth-order valence-electron chi connectivity index (χ4n) is 1.62. The third-order valence-corrected chi connectivity index (χ3v) is 2.71. The van der Waals surface area contributed by atoms with Crippen LogP contribution < -0.4 is 0 Å². The molecule has 0 N–H and O–H groups in total. The van der Waals surface area contributed by atoms with Gasteiger partial charge < -0.3 is 0 Å². The van der Waals surface area contributed by atoms with Crippen LogP contribution in [0.15, 0.2) is 48.8 Å². The van der Waals surface area contributed by atoms with E-state index in [-0.39, 0.29) is 0 Å². The van der Waals surface area contributed by atoms with Crippen LogP contribution in [0.1, 0.15) is 0 Å². The second-order valence-electron chi connectivity index (χ2n) is 3.63. The quantitative estimate of drug-likeness (QED) is 0.707. The first-order valence-corrected chi connectivity index (χ1v) is 5.67. The summed E-state index contributed by atoms with van der Waals surface area (Å²) >= 11 is 5.86. The Bertz CT molecular complexity index is 648. The van der Waals surface area contributed by atoms with E-state index in [4.69, 9.17) is 11.6 Å². The summed E-state index contributed by atoms with van der Waals surface area (Å²) in [6.07, 6.45) is 3.43. The Labute approximate surface area is 108 Å². The number of aromatic nitrogens is 5. The number of rotatable bonds is 2. The molecule has 2 aromatic heterocycles. The lowest BCUT2D eigenvalue weighted by atomic mass is 10.2. The Kier molecular flexibility index (Phi) is 2.74. The lowest BCUT2D eigenvalue weighted by Crippen LogP contribution is -1.99. The number of benzene rings is 1. The Morgan fingerprint density at radius 2 is 1.89 bits per heavy atom. The first kappa shape index (κ1) is 10.9. The maximum absolute atomic E-state index is 5.86. The lowest BCUT2D eigenvalue weighted by molar-refractivity contribution is 0.791. The summed E-state index contributed by atoms with van der Waals surface area (Å²) in [5.41, 5.74) is 1.71. The van der Waals surface area contributed by atoms with E-state index in [9.17, 15) is 0 Å². The number of pyridine rings is 1. The van der Waals surface area contributed by atoms with Crippen molar-refractivity contribution in [3.05, 3.63) is 53.8 Å². The van der Waals surface area contributed by atoms with Gasteiger partial charge in [0.15, 0.2) is 5.82 Å². The topological polar surface area (TPSA) is 56.5 Å². The zero-order chi connectivity index (χ0) is 12.4. The number of nitrogens with zero attached hydrogens (tertiary/aromatic N) is 5. The van der Waals surface area contributed by atoms with Crippen molar-refractivity contribution in [2.45, 2.75) is 0 Å². The van der Waals surface area contributed by atoms with Crippen molar-refractivity contribution < 1.29 is 0 Å². The first-order valence-electron chi connectivity index (χ1n) is 5.29. The van der Waals surface area contributed by atoms with Gasteiger partial charge in [0.25, 0.3) is 0 Å². The highest BCUT2D eigenvalue weighted by Crippen LogP contribution is 2.19. The largest absolute Gasteiger partial charge is 0.264 e. The van der Waals surface area contributed by atoms with E-state index in [0.717, 1.165) is 11.3 Å². The van der Waals surface area contributed by atoms with E-state index in [0.29, 0.717) is 10.8 Å². The molecule has 0 saturated heterocycles. The van der Waals surface area contributed by atoms with E-state index in [1.54, 1.807) is 29.2 Å². The highest BCUT2D eigenvalue weighted by molar-refractivity contribution is 6.30. The third kappa shape index (κ3) is 1.96. The van der Waals surface area contributed by atoms with Crippen molar-refractivity contribution in [1.29, 1.82) is 0 Å². The van der Waals surface area contributed by atoms with Gasteiger partial charge in [-0.25, -0.2) is 0 Å². The van der Waals surface area contributed by atoms with Crippen LogP contribution in [0.2, 0.25) is 5.02 Å². The number of tetrazole rings is 1. The lowest BCUT2D eigenvalue weighted by Gasteiger charge is -2.03. The van der Waals surface area contributed by atoms with Gasteiger partial charge in [-0.3, -0.25) is 4.98 Å². The van der Waals surface area contributed by atoms with Gasteiger partial charge >= 0.3 is 0 Å². The maximum atomic E-state index is 5.86. The summed E-state index contributed by atoms with van der Waals surface area (Å²) in [6, 6.07) is 11.1. The minimum Gasteiger partial charge on any atom is -0.264 e. The monoisotopic (exact) mass is 257 g/mol. The van der Waals surface area contributed by atoms with Crippen LogP contribution in [-0.2, 0) is 0 Å². The van der Waals surface area contributed by atoms with Crippen molar-refractivity contribution in [3.8, 4) is 17.1 Å². The molecule has 2 heterocycles. The molecule has 0 atom stereocenters. The average Bonchev–Trinajstić information content (AvgIpc) is 2.90. The summed E-state index contributed by atoms with van der Waals surface area (Å²) in [7, 11) is 0. The molecule has 6 heteroatoms. The minimum atomic E-state index is 0.644. The number of hydrogen-bond acceptors (Lipinski definition) is 4. The molecule has 3 aromatic rings. The molecule has 0 fully saturated rings. The number of hydrogen-bond donors (Lipinski definition) is 0. The van der Waals surface area contributed by atoms with Gasteiger partial charge in [-0.2, -0.15) is 4.68 Å². The molecule has 0 aliphatic carbocycles. The summed E-state index contributed by atoms with van der Waals surface area (Å²) in [5, 5.41) is 12.4. The normalized spacial score (nSPS) is 10.5. The molecule has 88 valence electrons. The van der Waals surface area contributed by atoms with E-state index in [2.05, 4.69) is 20.5 Å². The van der Waals surface area contributed by atoms with E-state index in [1.165, 1.54) is 0 Å². The van der Waals surface area contributed by atoms with Gasteiger partial charge in [0.2, 0.25) is 0 Å². The fraction of sp³-hybridized carbons (Fsp3) is 0. The second-order valence-corrected chi connectivity index (χ2v) is 4.07. The molecule has 0 bridgehead atoms. The van der Waals surface area contributed by atoms with Gasteiger partial charge in [0.05, 0.1) is 5.69 Å². The Hall–Kier alpha value is -2.27. The molecule has 0 spiro atoms. The van der Waals surface area contributed by atoms with E-state index >= 15 is 0 Å². The Morgan fingerprint density at radius 1 is 1.06 bits per heavy atom. The molecule has 0 radical (unpaired) electrons. The molecule has 0 saturated carbocycles. The molecule has 0 unspecified atom stereocenters. The second kappa shape index (κ2) is 4.54. The summed E-state index contributed by atoms with van der Waals surface area (Å²) in [4.78, 5) is 4.06. The van der Waals surface area contributed by atoms with Crippen LogP contribution in [0, 0.1) is 0 Å². The van der Waals surface area contributed by atoms with Crippen LogP contribution in [-0.4, -0.2) is 25.2 Å². The highest BCUT2D eigenvalue weighted by atomic mass is 35.5. The van der Waals surface area contributed by atoms with Crippen LogP contribution >= 0.6 is 11.6 Å². The van der Waals surface area contributed by atoms with Gasteiger partial charge in [-0.15, -0.1) is 5.10 Å². The molecule has 1 aromatic carbocycles.